The molecular weight excluding hydrogens is 354 g/mol. The van der Waals surface area contributed by atoms with Gasteiger partial charge in [-0.3, -0.25) is 0 Å². The highest BCUT2D eigenvalue weighted by molar-refractivity contribution is 7.89. The maximum atomic E-state index is 12.4. The maximum absolute atomic E-state index is 12.4. The minimum Gasteiger partial charge on any atom is -0.497 e. The van der Waals surface area contributed by atoms with Crippen molar-refractivity contribution in [3.05, 3.63) is 59.2 Å². The van der Waals surface area contributed by atoms with Crippen molar-refractivity contribution < 1.29 is 22.7 Å². The first kappa shape index (κ1) is 19.9. The first-order chi connectivity index (χ1) is 12.4. The lowest BCUT2D eigenvalue weighted by Gasteiger charge is -2.10. The lowest BCUT2D eigenvalue weighted by atomic mass is 10.1. The monoisotopic (exact) mass is 377 g/mol. The zero-order valence-corrected chi connectivity index (χ0v) is 15.9. The normalized spacial score (nSPS) is 11.2. The summed E-state index contributed by atoms with van der Waals surface area (Å²) < 4.78 is 37.2. The smallest absolute Gasteiger partial charge is 0.338 e. The first-order valence-electron chi connectivity index (χ1n) is 8.19. The zero-order chi connectivity index (χ0) is 19.2. The van der Waals surface area contributed by atoms with E-state index < -0.39 is 16.0 Å². The van der Waals surface area contributed by atoms with Crippen LogP contribution in [-0.4, -0.2) is 35.2 Å². The predicted molar refractivity (Wildman–Crippen MR) is 99.0 cm³/mol. The van der Waals surface area contributed by atoms with Crippen LogP contribution in [0.2, 0.25) is 0 Å². The summed E-state index contributed by atoms with van der Waals surface area (Å²) in [5.74, 6) is 0.231. The lowest BCUT2D eigenvalue weighted by Crippen LogP contribution is -2.25. The van der Waals surface area contributed by atoms with E-state index in [0.717, 1.165) is 17.7 Å². The summed E-state index contributed by atoms with van der Waals surface area (Å²) in [6, 6.07) is 12.1. The van der Waals surface area contributed by atoms with Gasteiger partial charge in [-0.25, -0.2) is 17.9 Å². The number of methoxy groups -OCH3 is 2. The Hall–Kier alpha value is -2.38. The average molecular weight is 377 g/mol. The summed E-state index contributed by atoms with van der Waals surface area (Å²) in [6.45, 7) is 2.03. The van der Waals surface area contributed by atoms with Gasteiger partial charge in [0.05, 0.1) is 24.7 Å². The predicted octanol–water partition coefficient (Wildman–Crippen LogP) is 2.70. The van der Waals surface area contributed by atoms with E-state index in [4.69, 9.17) is 4.74 Å². The maximum Gasteiger partial charge on any atom is 0.338 e. The third-order valence-corrected chi connectivity index (χ3v) is 5.48. The first-order valence-corrected chi connectivity index (χ1v) is 9.67. The second-order valence-corrected chi connectivity index (χ2v) is 7.58. The molecule has 1 N–H and O–H groups in total. The van der Waals surface area contributed by atoms with E-state index in [0.29, 0.717) is 18.5 Å². The Labute approximate surface area is 154 Å². The van der Waals surface area contributed by atoms with Crippen molar-refractivity contribution in [2.24, 2.45) is 0 Å². The molecule has 0 fully saturated rings. The van der Waals surface area contributed by atoms with Crippen molar-refractivity contribution in [1.29, 1.82) is 0 Å². The molecule has 7 heteroatoms. The summed E-state index contributed by atoms with van der Waals surface area (Å²) in [4.78, 5) is 11.8. The third kappa shape index (κ3) is 5.06. The van der Waals surface area contributed by atoms with E-state index in [9.17, 15) is 13.2 Å². The van der Waals surface area contributed by atoms with Gasteiger partial charge in [0, 0.05) is 6.54 Å². The number of aryl methyl sites for hydroxylation is 2. The van der Waals surface area contributed by atoms with E-state index in [1.165, 1.54) is 19.2 Å². The van der Waals surface area contributed by atoms with Crippen molar-refractivity contribution in [1.82, 2.24) is 4.72 Å². The van der Waals surface area contributed by atoms with Crippen LogP contribution in [0.5, 0.6) is 5.75 Å². The SMILES string of the molecule is COC(=O)c1cc(S(=O)(=O)NCCCc2ccc(OC)cc2)ccc1C. The van der Waals surface area contributed by atoms with Gasteiger partial charge >= 0.3 is 5.97 Å². The van der Waals surface area contributed by atoms with E-state index in [2.05, 4.69) is 9.46 Å². The van der Waals surface area contributed by atoms with Crippen molar-refractivity contribution in [3.63, 3.8) is 0 Å². The number of rotatable bonds is 8. The third-order valence-electron chi connectivity index (χ3n) is 4.02. The van der Waals surface area contributed by atoms with E-state index in [1.54, 1.807) is 20.1 Å². The lowest BCUT2D eigenvalue weighted by molar-refractivity contribution is 0.0599. The fraction of sp³-hybridized carbons (Fsp3) is 0.316. The molecule has 0 saturated carbocycles. The standard InChI is InChI=1S/C19H23NO5S/c1-14-6-11-17(13-18(14)19(21)25-3)26(22,23)20-12-4-5-15-7-9-16(24-2)10-8-15/h6-11,13,20H,4-5,12H2,1-3H3. The van der Waals surface area contributed by atoms with Crippen LogP contribution >= 0.6 is 0 Å². The fourth-order valence-corrected chi connectivity index (χ4v) is 3.57. The quantitative estimate of drug-likeness (QED) is 0.565. The van der Waals surface area contributed by atoms with Gasteiger partial charge in [-0.05, 0) is 55.2 Å². The number of hydrogen-bond donors (Lipinski definition) is 1. The van der Waals surface area contributed by atoms with Crippen LogP contribution in [-0.2, 0) is 21.2 Å². The Balaban J connectivity index is 1.97. The van der Waals surface area contributed by atoms with Gasteiger partial charge in [0.1, 0.15) is 5.75 Å². The highest BCUT2D eigenvalue weighted by atomic mass is 32.2. The Kier molecular flexibility index (Phi) is 6.76. The Morgan fingerprint density at radius 3 is 2.38 bits per heavy atom. The molecule has 0 saturated heterocycles. The number of sulfonamides is 1. The van der Waals surface area contributed by atoms with E-state index in [1.807, 2.05) is 24.3 Å². The van der Waals surface area contributed by atoms with Gasteiger partial charge in [0.15, 0.2) is 0 Å². The molecule has 2 aromatic rings. The molecule has 0 aliphatic heterocycles. The minimum absolute atomic E-state index is 0.0490. The van der Waals surface area contributed by atoms with Gasteiger partial charge in [0.2, 0.25) is 10.0 Å². The van der Waals surface area contributed by atoms with Crippen molar-refractivity contribution in [2.75, 3.05) is 20.8 Å². The van der Waals surface area contributed by atoms with Gasteiger partial charge in [0.25, 0.3) is 0 Å². The van der Waals surface area contributed by atoms with Crippen LogP contribution in [0.25, 0.3) is 0 Å². The van der Waals surface area contributed by atoms with Gasteiger partial charge in [-0.15, -0.1) is 0 Å². The molecule has 0 spiro atoms. The molecule has 140 valence electrons. The van der Waals surface area contributed by atoms with Crippen LogP contribution in [0.1, 0.15) is 27.9 Å². The second kappa shape index (κ2) is 8.82. The summed E-state index contributed by atoms with van der Waals surface area (Å²) in [7, 11) is -0.808. The molecule has 26 heavy (non-hydrogen) atoms. The van der Waals surface area contributed by atoms with Crippen LogP contribution in [0.4, 0.5) is 0 Å². The van der Waals surface area contributed by atoms with Gasteiger partial charge in [-0.2, -0.15) is 0 Å². The zero-order valence-electron chi connectivity index (χ0n) is 15.1. The molecule has 0 aromatic heterocycles. The van der Waals surface area contributed by atoms with Crippen LogP contribution in [0.15, 0.2) is 47.4 Å². The average Bonchev–Trinajstić information content (AvgIpc) is 2.65. The molecule has 0 atom stereocenters. The number of carbonyl (C=O) groups is 1. The summed E-state index contributed by atoms with van der Waals surface area (Å²) in [5.41, 5.74) is 2.01. The molecule has 0 aliphatic carbocycles. The second-order valence-electron chi connectivity index (χ2n) is 5.82. The molecule has 6 nitrogen and oxygen atoms in total. The molecule has 2 aromatic carbocycles. The van der Waals surface area contributed by atoms with Crippen LogP contribution < -0.4 is 9.46 Å². The molecule has 0 heterocycles. The molecule has 0 amide bonds. The van der Waals surface area contributed by atoms with Gasteiger partial charge in [-0.1, -0.05) is 18.2 Å². The van der Waals surface area contributed by atoms with Crippen LogP contribution in [0.3, 0.4) is 0 Å². The fourth-order valence-electron chi connectivity index (χ4n) is 2.47. The molecule has 0 bridgehead atoms. The van der Waals surface area contributed by atoms with Crippen molar-refractivity contribution >= 4 is 16.0 Å². The number of hydrogen-bond acceptors (Lipinski definition) is 5. The molecule has 0 unspecified atom stereocenters. The number of benzene rings is 2. The Morgan fingerprint density at radius 2 is 1.77 bits per heavy atom. The number of nitrogens with one attached hydrogen (secondary N) is 1. The Bertz CT molecular complexity index is 860. The van der Waals surface area contributed by atoms with E-state index >= 15 is 0 Å². The largest absolute Gasteiger partial charge is 0.497 e. The summed E-state index contributed by atoms with van der Waals surface area (Å²) in [6.07, 6.45) is 1.40. The molecule has 0 radical (unpaired) electrons. The van der Waals surface area contributed by atoms with E-state index in [-0.39, 0.29) is 10.5 Å². The number of esters is 1. The number of ether oxygens (including phenoxy) is 2. The number of carbonyl (C=O) groups excluding carboxylic acids is 1. The Morgan fingerprint density at radius 1 is 1.08 bits per heavy atom. The highest BCUT2D eigenvalue weighted by Gasteiger charge is 2.18. The molecular formula is C19H23NO5S. The minimum atomic E-state index is -3.68. The molecule has 2 rings (SSSR count). The van der Waals surface area contributed by atoms with Crippen molar-refractivity contribution in [2.45, 2.75) is 24.7 Å². The van der Waals surface area contributed by atoms with Crippen LogP contribution in [0, 0.1) is 6.92 Å². The topological polar surface area (TPSA) is 81.7 Å². The van der Waals surface area contributed by atoms with Crippen molar-refractivity contribution in [3.8, 4) is 5.75 Å². The highest BCUT2D eigenvalue weighted by Crippen LogP contribution is 2.17. The van der Waals surface area contributed by atoms with Gasteiger partial charge < -0.3 is 9.47 Å². The summed E-state index contributed by atoms with van der Waals surface area (Å²) in [5, 5.41) is 0. The molecule has 0 aliphatic rings. The summed E-state index contributed by atoms with van der Waals surface area (Å²) >= 11 is 0.